The van der Waals surface area contributed by atoms with E-state index in [4.69, 9.17) is 0 Å². The van der Waals surface area contributed by atoms with Gasteiger partial charge in [-0.05, 0) is 35.8 Å². The van der Waals surface area contributed by atoms with Gasteiger partial charge in [-0.25, -0.2) is 0 Å². The lowest BCUT2D eigenvalue weighted by Gasteiger charge is -2.24. The first-order chi connectivity index (χ1) is 14.3. The summed E-state index contributed by atoms with van der Waals surface area (Å²) in [5.41, 5.74) is 1.15. The topological polar surface area (TPSA) is 80.3 Å². The maximum atomic E-state index is 11.9. The van der Waals surface area contributed by atoms with Crippen LogP contribution < -0.4 is 10.2 Å². The normalized spacial score (nSPS) is 13.2. The summed E-state index contributed by atoms with van der Waals surface area (Å²) >= 11 is 0. The predicted molar refractivity (Wildman–Crippen MR) is 118 cm³/mol. The number of hydrogen-bond donors (Lipinski definition) is 0. The SMILES string of the molecule is CCCCCCC(C)Cc1ccc(C(=O)[O-])c(C(=O)[O-])c1CC(C)CCCCCC. The van der Waals surface area contributed by atoms with Crippen molar-refractivity contribution < 1.29 is 19.8 Å². The zero-order valence-corrected chi connectivity index (χ0v) is 19.4. The van der Waals surface area contributed by atoms with Gasteiger partial charge in [-0.15, -0.1) is 0 Å². The van der Waals surface area contributed by atoms with E-state index in [9.17, 15) is 19.8 Å². The molecule has 0 fully saturated rings. The van der Waals surface area contributed by atoms with Crippen LogP contribution in [0.3, 0.4) is 0 Å². The maximum absolute atomic E-state index is 11.9. The fourth-order valence-corrected chi connectivity index (χ4v) is 4.29. The highest BCUT2D eigenvalue weighted by Gasteiger charge is 2.19. The first kappa shape index (κ1) is 26.2. The largest absolute Gasteiger partial charge is 0.545 e. The standard InChI is InChI=1S/C26H42O4/c1-5-7-9-11-13-19(3)17-21-15-16-22(25(27)28)24(26(29)30)23(21)18-20(4)14-12-10-8-6-2/h15-16,19-20H,5-14,17-18H2,1-4H3,(H,27,28)(H,29,30)/p-2. The van der Waals surface area contributed by atoms with Crippen LogP contribution in [0.2, 0.25) is 0 Å². The number of benzene rings is 1. The Bertz CT molecular complexity index is 665. The number of rotatable bonds is 16. The quantitative estimate of drug-likeness (QED) is 0.365. The van der Waals surface area contributed by atoms with Crippen molar-refractivity contribution in [1.82, 2.24) is 0 Å². The van der Waals surface area contributed by atoms with Crippen molar-refractivity contribution in [1.29, 1.82) is 0 Å². The molecule has 0 aliphatic rings. The van der Waals surface area contributed by atoms with Gasteiger partial charge in [0, 0.05) is 11.1 Å². The molecule has 4 heteroatoms. The smallest absolute Gasteiger partial charge is 0.0724 e. The highest BCUT2D eigenvalue weighted by Crippen LogP contribution is 2.27. The first-order valence-electron chi connectivity index (χ1n) is 11.9. The van der Waals surface area contributed by atoms with Crippen molar-refractivity contribution in [2.45, 2.75) is 105 Å². The van der Waals surface area contributed by atoms with E-state index in [1.807, 2.05) is 0 Å². The molecule has 0 spiro atoms. The Morgan fingerprint density at radius 2 is 1.30 bits per heavy atom. The van der Waals surface area contributed by atoms with Crippen molar-refractivity contribution in [3.63, 3.8) is 0 Å². The molecule has 0 aliphatic heterocycles. The molecule has 0 saturated carbocycles. The average Bonchev–Trinajstić information content (AvgIpc) is 2.69. The summed E-state index contributed by atoms with van der Waals surface area (Å²) in [7, 11) is 0. The van der Waals surface area contributed by atoms with Crippen LogP contribution in [-0.2, 0) is 12.8 Å². The molecule has 30 heavy (non-hydrogen) atoms. The number of unbranched alkanes of at least 4 members (excludes halogenated alkanes) is 6. The molecule has 170 valence electrons. The van der Waals surface area contributed by atoms with Gasteiger partial charge in [0.25, 0.3) is 0 Å². The van der Waals surface area contributed by atoms with Crippen LogP contribution in [0.5, 0.6) is 0 Å². The van der Waals surface area contributed by atoms with Crippen molar-refractivity contribution >= 4 is 11.9 Å². The number of carboxylic acid groups (broad SMARTS) is 2. The Labute approximate surface area is 183 Å². The summed E-state index contributed by atoms with van der Waals surface area (Å²) in [5, 5.41) is 23.4. The molecule has 0 aliphatic carbocycles. The number of carbonyl (C=O) groups is 2. The van der Waals surface area contributed by atoms with E-state index >= 15 is 0 Å². The third-order valence-electron chi connectivity index (χ3n) is 6.06. The maximum Gasteiger partial charge on any atom is 0.0724 e. The van der Waals surface area contributed by atoms with Gasteiger partial charge in [0.2, 0.25) is 0 Å². The van der Waals surface area contributed by atoms with Gasteiger partial charge < -0.3 is 19.8 Å². The molecule has 0 N–H and O–H groups in total. The van der Waals surface area contributed by atoms with E-state index in [0.717, 1.165) is 31.2 Å². The zero-order valence-electron chi connectivity index (χ0n) is 19.4. The summed E-state index contributed by atoms with van der Waals surface area (Å²) < 4.78 is 0. The van der Waals surface area contributed by atoms with E-state index in [1.54, 1.807) is 6.07 Å². The second-order valence-corrected chi connectivity index (χ2v) is 9.02. The van der Waals surface area contributed by atoms with Crippen LogP contribution >= 0.6 is 0 Å². The lowest BCUT2D eigenvalue weighted by molar-refractivity contribution is -0.259. The monoisotopic (exact) mass is 416 g/mol. The Morgan fingerprint density at radius 3 is 1.77 bits per heavy atom. The van der Waals surface area contributed by atoms with Crippen molar-refractivity contribution in [3.05, 3.63) is 34.4 Å². The molecular formula is C26H40O4-2. The van der Waals surface area contributed by atoms with Gasteiger partial charge in [0.15, 0.2) is 0 Å². The number of carbonyl (C=O) groups excluding carboxylic acids is 2. The van der Waals surface area contributed by atoms with Gasteiger partial charge in [0.05, 0.1) is 11.9 Å². The molecule has 0 bridgehead atoms. The van der Waals surface area contributed by atoms with Crippen molar-refractivity contribution in [3.8, 4) is 0 Å². The summed E-state index contributed by atoms with van der Waals surface area (Å²) in [4.78, 5) is 23.4. The van der Waals surface area contributed by atoms with Gasteiger partial charge in [0.1, 0.15) is 0 Å². The molecule has 1 aromatic rings. The number of hydrogen-bond acceptors (Lipinski definition) is 4. The molecule has 1 aromatic carbocycles. The van der Waals surface area contributed by atoms with E-state index in [1.165, 1.54) is 51.0 Å². The van der Waals surface area contributed by atoms with Gasteiger partial charge in [-0.2, -0.15) is 0 Å². The average molecular weight is 417 g/mol. The van der Waals surface area contributed by atoms with Crippen molar-refractivity contribution in [2.75, 3.05) is 0 Å². The van der Waals surface area contributed by atoms with E-state index < -0.39 is 11.9 Å². The fraction of sp³-hybridized carbons (Fsp3) is 0.692. The lowest BCUT2D eigenvalue weighted by Crippen LogP contribution is -2.32. The summed E-state index contributed by atoms with van der Waals surface area (Å²) in [6.07, 6.45) is 12.9. The molecule has 4 nitrogen and oxygen atoms in total. The number of carboxylic acids is 2. The second-order valence-electron chi connectivity index (χ2n) is 9.02. The zero-order chi connectivity index (χ0) is 22.5. The fourth-order valence-electron chi connectivity index (χ4n) is 4.29. The Balaban J connectivity index is 3.06. The minimum atomic E-state index is -1.45. The van der Waals surface area contributed by atoms with Gasteiger partial charge in [-0.3, -0.25) is 0 Å². The van der Waals surface area contributed by atoms with Crippen LogP contribution in [0.15, 0.2) is 12.1 Å². The van der Waals surface area contributed by atoms with Crippen molar-refractivity contribution in [2.24, 2.45) is 11.8 Å². The summed E-state index contributed by atoms with van der Waals surface area (Å²) in [5.74, 6) is -2.16. The second kappa shape index (κ2) is 14.2. The van der Waals surface area contributed by atoms with E-state index in [-0.39, 0.29) is 17.0 Å². The molecule has 0 radical (unpaired) electrons. The summed E-state index contributed by atoms with van der Waals surface area (Å²) in [6.45, 7) is 8.68. The Kier molecular flexibility index (Phi) is 12.4. The summed E-state index contributed by atoms with van der Waals surface area (Å²) in [6, 6.07) is 3.17. The molecule has 0 heterocycles. The van der Waals surface area contributed by atoms with Crippen LogP contribution in [0.4, 0.5) is 0 Å². The minimum absolute atomic E-state index is 0.175. The molecule has 0 aromatic heterocycles. The third-order valence-corrected chi connectivity index (χ3v) is 6.06. The predicted octanol–water partition coefficient (Wildman–Crippen LogP) is 4.71. The Hall–Kier alpha value is -1.84. The number of aromatic carboxylic acids is 2. The Morgan fingerprint density at radius 1 is 0.767 bits per heavy atom. The highest BCUT2D eigenvalue weighted by atomic mass is 16.4. The lowest BCUT2D eigenvalue weighted by atomic mass is 9.84. The van der Waals surface area contributed by atoms with Gasteiger partial charge >= 0.3 is 0 Å². The van der Waals surface area contributed by atoms with E-state index in [0.29, 0.717) is 17.9 Å². The molecule has 0 saturated heterocycles. The highest BCUT2D eigenvalue weighted by molar-refractivity contribution is 6.01. The first-order valence-corrected chi connectivity index (χ1v) is 11.9. The van der Waals surface area contributed by atoms with Crippen LogP contribution in [0.25, 0.3) is 0 Å². The minimum Gasteiger partial charge on any atom is -0.545 e. The molecular weight excluding hydrogens is 376 g/mol. The molecule has 0 amide bonds. The van der Waals surface area contributed by atoms with E-state index in [2.05, 4.69) is 27.7 Å². The molecule has 1 rings (SSSR count). The van der Waals surface area contributed by atoms with Crippen LogP contribution in [0.1, 0.15) is 124 Å². The molecule has 2 unspecified atom stereocenters. The molecule has 2 atom stereocenters. The van der Waals surface area contributed by atoms with Crippen LogP contribution in [-0.4, -0.2) is 11.9 Å². The van der Waals surface area contributed by atoms with Crippen LogP contribution in [0, 0.1) is 11.8 Å². The third kappa shape index (κ3) is 8.89. The van der Waals surface area contributed by atoms with Gasteiger partial charge in [-0.1, -0.05) is 104 Å².